The Hall–Kier alpha value is -3.23. The number of methoxy groups -OCH3 is 3. The molecule has 0 fully saturated rings. The van der Waals surface area contributed by atoms with E-state index in [9.17, 15) is 4.79 Å². The predicted octanol–water partition coefficient (Wildman–Crippen LogP) is 7.02. The predicted molar refractivity (Wildman–Crippen MR) is 140 cm³/mol. The normalized spacial score (nSPS) is 11.4. The first kappa shape index (κ1) is 26.4. The van der Waals surface area contributed by atoms with E-state index in [1.54, 1.807) is 32.7 Å². The smallest absolute Gasteiger partial charge is 0.351 e. The van der Waals surface area contributed by atoms with Gasteiger partial charge in [-0.1, -0.05) is 43.1 Å². The number of halogens is 1. The third-order valence-electron chi connectivity index (χ3n) is 5.24. The highest BCUT2D eigenvalue weighted by atomic mass is 35.5. The SMILES string of the molecule is CC.COC(=O)c1sc(-n2cnc3cc(OC)c(OC)cc32)cc1OC(C)c1cc(C)ccc1Cl. The quantitative estimate of drug-likeness (QED) is 0.246. The lowest BCUT2D eigenvalue weighted by Crippen LogP contribution is -2.07. The number of hydrogen-bond acceptors (Lipinski definition) is 7. The number of hydrogen-bond donors (Lipinski definition) is 0. The summed E-state index contributed by atoms with van der Waals surface area (Å²) in [4.78, 5) is 17.3. The zero-order valence-corrected chi connectivity index (χ0v) is 22.4. The van der Waals surface area contributed by atoms with Gasteiger partial charge in [0.25, 0.3) is 0 Å². The van der Waals surface area contributed by atoms with E-state index >= 15 is 0 Å². The first-order chi connectivity index (χ1) is 16.9. The first-order valence-corrected chi connectivity index (χ1v) is 12.3. The molecule has 0 saturated heterocycles. The first-order valence-electron chi connectivity index (χ1n) is 11.1. The van der Waals surface area contributed by atoms with Gasteiger partial charge >= 0.3 is 5.97 Å². The van der Waals surface area contributed by atoms with Crippen LogP contribution in [-0.4, -0.2) is 36.8 Å². The van der Waals surface area contributed by atoms with Gasteiger partial charge in [0.1, 0.15) is 23.2 Å². The van der Waals surface area contributed by atoms with Crippen molar-refractivity contribution < 1.29 is 23.7 Å². The van der Waals surface area contributed by atoms with Crippen LogP contribution in [0.5, 0.6) is 17.2 Å². The zero-order chi connectivity index (χ0) is 25.7. The van der Waals surface area contributed by atoms with Crippen molar-refractivity contribution in [1.82, 2.24) is 9.55 Å². The third-order valence-corrected chi connectivity index (χ3v) is 6.68. The second-order valence-corrected chi connectivity index (χ2v) is 8.80. The number of fused-ring (bicyclic) bond motifs is 1. The van der Waals surface area contributed by atoms with E-state index in [4.69, 9.17) is 30.5 Å². The Morgan fingerprint density at radius 2 is 1.71 bits per heavy atom. The molecule has 2 aromatic carbocycles. The van der Waals surface area contributed by atoms with Crippen LogP contribution in [0.2, 0.25) is 5.02 Å². The van der Waals surface area contributed by atoms with Crippen LogP contribution in [0.3, 0.4) is 0 Å². The van der Waals surface area contributed by atoms with Crippen LogP contribution in [0.25, 0.3) is 16.0 Å². The van der Waals surface area contributed by atoms with E-state index in [-0.39, 0.29) is 6.10 Å². The van der Waals surface area contributed by atoms with Gasteiger partial charge in [-0.25, -0.2) is 9.78 Å². The van der Waals surface area contributed by atoms with Crippen molar-refractivity contribution in [1.29, 1.82) is 0 Å². The standard InChI is InChI=1S/C24H23ClN2O5S.C2H6/c1-13-6-7-16(25)15(8-13)14(2)32-21-11-22(33-23(21)24(28)31-5)27-12-26-17-9-19(29-3)20(30-4)10-18(17)27;1-2/h6-12,14H,1-5H3;1-2H3. The molecule has 1 unspecified atom stereocenters. The highest BCUT2D eigenvalue weighted by molar-refractivity contribution is 7.16. The minimum atomic E-state index is -0.479. The molecule has 7 nitrogen and oxygen atoms in total. The summed E-state index contributed by atoms with van der Waals surface area (Å²) >= 11 is 7.64. The van der Waals surface area contributed by atoms with E-state index in [0.29, 0.717) is 27.1 Å². The molecular formula is C26H29ClN2O5S. The molecule has 0 aliphatic carbocycles. The molecule has 2 aromatic heterocycles. The van der Waals surface area contributed by atoms with Crippen LogP contribution >= 0.6 is 22.9 Å². The van der Waals surface area contributed by atoms with Crippen molar-refractivity contribution in [3.8, 4) is 22.2 Å². The number of imidazole rings is 1. The average Bonchev–Trinajstić information content (AvgIpc) is 3.48. The van der Waals surface area contributed by atoms with Crippen LogP contribution in [0.4, 0.5) is 0 Å². The molecule has 1 atom stereocenters. The van der Waals surface area contributed by atoms with Gasteiger partial charge in [-0.05, 0) is 19.9 Å². The van der Waals surface area contributed by atoms with Crippen molar-refractivity contribution in [3.05, 3.63) is 63.8 Å². The van der Waals surface area contributed by atoms with Gasteiger partial charge < -0.3 is 18.9 Å². The summed E-state index contributed by atoms with van der Waals surface area (Å²) in [7, 11) is 4.50. The monoisotopic (exact) mass is 516 g/mol. The van der Waals surface area contributed by atoms with Crippen molar-refractivity contribution in [2.24, 2.45) is 0 Å². The number of ether oxygens (including phenoxy) is 4. The molecule has 0 radical (unpaired) electrons. The maximum absolute atomic E-state index is 12.5. The Morgan fingerprint density at radius 3 is 2.37 bits per heavy atom. The molecule has 0 spiro atoms. The molecule has 4 rings (SSSR count). The molecule has 0 amide bonds. The van der Waals surface area contributed by atoms with Gasteiger partial charge in [0, 0.05) is 28.8 Å². The highest BCUT2D eigenvalue weighted by Gasteiger charge is 2.23. The third kappa shape index (κ3) is 5.39. The van der Waals surface area contributed by atoms with Crippen LogP contribution in [0, 0.1) is 6.92 Å². The number of esters is 1. The Balaban J connectivity index is 0.00000167. The molecule has 0 bridgehead atoms. The molecule has 4 aromatic rings. The number of rotatable bonds is 7. The maximum Gasteiger partial charge on any atom is 0.351 e. The van der Waals surface area contributed by atoms with Gasteiger partial charge in [0.05, 0.1) is 32.4 Å². The molecule has 9 heteroatoms. The molecule has 0 aliphatic rings. The van der Waals surface area contributed by atoms with Crippen LogP contribution < -0.4 is 14.2 Å². The Kier molecular flexibility index (Phi) is 8.64. The van der Waals surface area contributed by atoms with E-state index in [0.717, 1.165) is 27.2 Å². The number of aryl methyl sites for hydroxylation is 1. The number of carbonyl (C=O) groups is 1. The largest absolute Gasteiger partial charge is 0.493 e. The number of thiophene rings is 1. The van der Waals surface area contributed by atoms with E-state index in [2.05, 4.69) is 4.98 Å². The second kappa shape index (κ2) is 11.5. The summed E-state index contributed by atoms with van der Waals surface area (Å²) in [6, 6.07) is 11.2. The van der Waals surface area contributed by atoms with Gasteiger partial charge in [-0.3, -0.25) is 4.57 Å². The number of aromatic nitrogens is 2. The van der Waals surface area contributed by atoms with Crippen molar-refractivity contribution in [2.75, 3.05) is 21.3 Å². The van der Waals surface area contributed by atoms with Crippen LogP contribution in [0.1, 0.15) is 47.7 Å². The minimum Gasteiger partial charge on any atom is -0.493 e. The molecule has 0 N–H and O–H groups in total. The fraction of sp³-hybridized carbons (Fsp3) is 0.308. The summed E-state index contributed by atoms with van der Waals surface area (Å²) in [5.74, 6) is 1.10. The summed E-state index contributed by atoms with van der Waals surface area (Å²) in [5.41, 5.74) is 3.43. The van der Waals surface area contributed by atoms with E-state index < -0.39 is 5.97 Å². The lowest BCUT2D eigenvalue weighted by molar-refractivity contribution is 0.0600. The molecular weight excluding hydrogens is 488 g/mol. The fourth-order valence-corrected chi connectivity index (χ4v) is 4.81. The average molecular weight is 517 g/mol. The molecule has 0 aliphatic heterocycles. The molecule has 2 heterocycles. The van der Waals surface area contributed by atoms with Crippen LogP contribution in [0.15, 0.2) is 42.7 Å². The highest BCUT2D eigenvalue weighted by Crippen LogP contribution is 2.39. The number of nitrogens with zero attached hydrogens (tertiary/aromatic N) is 2. The Labute approximate surface area is 214 Å². The summed E-state index contributed by atoms with van der Waals surface area (Å²) in [6.45, 7) is 7.88. The summed E-state index contributed by atoms with van der Waals surface area (Å²) in [5, 5.41) is 1.34. The maximum atomic E-state index is 12.5. The van der Waals surface area contributed by atoms with Crippen molar-refractivity contribution >= 4 is 39.9 Å². The number of benzene rings is 2. The van der Waals surface area contributed by atoms with Crippen LogP contribution in [-0.2, 0) is 4.74 Å². The Morgan fingerprint density at radius 1 is 1.03 bits per heavy atom. The Bertz CT molecular complexity index is 1330. The zero-order valence-electron chi connectivity index (χ0n) is 20.8. The van der Waals surface area contributed by atoms with Gasteiger partial charge in [-0.2, -0.15) is 0 Å². The summed E-state index contributed by atoms with van der Waals surface area (Å²) < 4.78 is 23.9. The minimum absolute atomic E-state index is 0.352. The second-order valence-electron chi connectivity index (χ2n) is 7.37. The number of carbonyl (C=O) groups excluding carboxylic acids is 1. The lowest BCUT2D eigenvalue weighted by Gasteiger charge is -2.17. The summed E-state index contributed by atoms with van der Waals surface area (Å²) in [6.07, 6.45) is 1.30. The van der Waals surface area contributed by atoms with Gasteiger partial charge in [-0.15, -0.1) is 11.3 Å². The lowest BCUT2D eigenvalue weighted by atomic mass is 10.1. The van der Waals surface area contributed by atoms with Gasteiger partial charge in [0.15, 0.2) is 16.4 Å². The van der Waals surface area contributed by atoms with Crippen molar-refractivity contribution in [3.63, 3.8) is 0 Å². The molecule has 0 saturated carbocycles. The van der Waals surface area contributed by atoms with Crippen molar-refractivity contribution in [2.45, 2.75) is 33.8 Å². The molecule has 35 heavy (non-hydrogen) atoms. The fourth-order valence-electron chi connectivity index (χ4n) is 3.54. The van der Waals surface area contributed by atoms with Gasteiger partial charge in [0.2, 0.25) is 0 Å². The van der Waals surface area contributed by atoms with E-state index in [1.165, 1.54) is 18.4 Å². The topological polar surface area (TPSA) is 71.8 Å². The van der Waals surface area contributed by atoms with E-state index in [1.807, 2.05) is 56.5 Å². The molecule has 186 valence electrons.